The number of methoxy groups -OCH3 is 2. The van der Waals surface area contributed by atoms with Crippen LogP contribution >= 0.6 is 11.6 Å². The molecule has 0 heterocycles. The number of rotatable bonds is 4. The number of benzene rings is 1. The lowest BCUT2D eigenvalue weighted by atomic mass is 10.1. The first-order valence-electron chi connectivity index (χ1n) is 4.35. The fraction of sp³-hybridized carbons (Fsp3) is 0.200. The highest BCUT2D eigenvalue weighted by atomic mass is 35.5. The van der Waals surface area contributed by atoms with Crippen molar-refractivity contribution in [3.8, 4) is 17.2 Å². The first-order valence-corrected chi connectivity index (χ1v) is 4.72. The van der Waals surface area contributed by atoms with Crippen molar-refractivity contribution < 1.29 is 29.3 Å². The van der Waals surface area contributed by atoms with Crippen LogP contribution < -0.4 is 9.47 Å². The third-order valence-corrected chi connectivity index (χ3v) is 2.39. The molecule has 7 heteroatoms. The van der Waals surface area contributed by atoms with Crippen molar-refractivity contribution in [2.24, 2.45) is 0 Å². The molecular formula is C10H9ClO6. The monoisotopic (exact) mass is 260 g/mol. The van der Waals surface area contributed by atoms with Gasteiger partial charge in [0.2, 0.25) is 0 Å². The van der Waals surface area contributed by atoms with Crippen molar-refractivity contribution >= 4 is 23.4 Å². The molecule has 17 heavy (non-hydrogen) atoms. The summed E-state index contributed by atoms with van der Waals surface area (Å²) in [6.07, 6.45) is 0. The Hall–Kier alpha value is -1.95. The van der Waals surface area contributed by atoms with Gasteiger partial charge in [0.1, 0.15) is 5.75 Å². The number of phenolic OH excluding ortho intramolecular Hbond substituents is 1. The summed E-state index contributed by atoms with van der Waals surface area (Å²) in [5.74, 6) is -3.59. The van der Waals surface area contributed by atoms with Gasteiger partial charge in [-0.2, -0.15) is 0 Å². The summed E-state index contributed by atoms with van der Waals surface area (Å²) < 4.78 is 9.72. The van der Waals surface area contributed by atoms with Crippen LogP contribution in [0.5, 0.6) is 17.2 Å². The summed E-state index contributed by atoms with van der Waals surface area (Å²) in [6, 6.07) is 1.12. The van der Waals surface area contributed by atoms with E-state index in [0.29, 0.717) is 0 Å². The van der Waals surface area contributed by atoms with E-state index in [2.05, 4.69) is 0 Å². The predicted octanol–water partition coefficient (Wildman–Crippen LogP) is 1.33. The molecule has 0 aliphatic rings. The number of carboxylic acid groups (broad SMARTS) is 1. The van der Waals surface area contributed by atoms with Crippen molar-refractivity contribution in [2.45, 2.75) is 0 Å². The van der Waals surface area contributed by atoms with E-state index in [-0.39, 0.29) is 11.5 Å². The maximum atomic E-state index is 11.4. The molecule has 2 N–H and O–H groups in total. The fourth-order valence-electron chi connectivity index (χ4n) is 1.27. The molecule has 1 aromatic carbocycles. The molecule has 0 saturated heterocycles. The average molecular weight is 261 g/mol. The van der Waals surface area contributed by atoms with Gasteiger partial charge in [-0.3, -0.25) is 4.79 Å². The van der Waals surface area contributed by atoms with Crippen LogP contribution in [0.15, 0.2) is 6.07 Å². The number of hydrogen-bond donors (Lipinski definition) is 2. The molecule has 6 nitrogen and oxygen atoms in total. The number of aromatic hydroxyl groups is 1. The van der Waals surface area contributed by atoms with E-state index >= 15 is 0 Å². The Balaban J connectivity index is 3.60. The molecule has 0 bridgehead atoms. The minimum absolute atomic E-state index is 0.0130. The number of hydrogen-bond acceptors (Lipinski definition) is 5. The van der Waals surface area contributed by atoms with Crippen LogP contribution in [0.3, 0.4) is 0 Å². The van der Waals surface area contributed by atoms with Gasteiger partial charge in [-0.1, -0.05) is 11.6 Å². The Morgan fingerprint density at radius 2 is 1.88 bits per heavy atom. The van der Waals surface area contributed by atoms with Gasteiger partial charge in [-0.25, -0.2) is 4.79 Å². The maximum Gasteiger partial charge on any atom is 0.377 e. The van der Waals surface area contributed by atoms with Crippen LogP contribution in [0.4, 0.5) is 0 Å². The lowest BCUT2D eigenvalue weighted by molar-refractivity contribution is -0.131. The Morgan fingerprint density at radius 1 is 1.29 bits per heavy atom. The van der Waals surface area contributed by atoms with Crippen LogP contribution in [-0.2, 0) is 4.79 Å². The molecule has 0 fully saturated rings. The van der Waals surface area contributed by atoms with Crippen LogP contribution in [0.1, 0.15) is 10.4 Å². The Morgan fingerprint density at radius 3 is 2.29 bits per heavy atom. The number of phenols is 1. The number of Topliss-reactive ketones (excluding diaryl/α,β-unsaturated/α-hetero) is 1. The molecule has 0 unspecified atom stereocenters. The number of carbonyl (C=O) groups is 2. The standard InChI is InChI=1S/C10H9ClO6/c1-16-5-3-4(12)7(11)6(9(5)17-2)8(13)10(14)15/h3,12H,1-2H3,(H,14,15). The minimum Gasteiger partial charge on any atom is -0.506 e. The summed E-state index contributed by atoms with van der Waals surface area (Å²) in [6.45, 7) is 0. The van der Waals surface area contributed by atoms with Gasteiger partial charge in [-0.05, 0) is 0 Å². The van der Waals surface area contributed by atoms with Gasteiger partial charge in [0.25, 0.3) is 5.78 Å². The molecule has 1 aromatic rings. The van der Waals surface area contributed by atoms with E-state index in [0.717, 1.165) is 6.07 Å². The highest BCUT2D eigenvalue weighted by Gasteiger charge is 2.28. The SMILES string of the molecule is COc1cc(O)c(Cl)c(C(=O)C(=O)O)c1OC. The summed E-state index contributed by atoms with van der Waals surface area (Å²) in [4.78, 5) is 22.1. The third kappa shape index (κ3) is 2.26. The van der Waals surface area contributed by atoms with E-state index < -0.39 is 28.1 Å². The summed E-state index contributed by atoms with van der Waals surface area (Å²) in [7, 11) is 2.50. The highest BCUT2D eigenvalue weighted by Crippen LogP contribution is 2.41. The van der Waals surface area contributed by atoms with E-state index in [1.54, 1.807) is 0 Å². The summed E-state index contributed by atoms with van der Waals surface area (Å²) in [5, 5.41) is 17.7. The van der Waals surface area contributed by atoms with Gasteiger partial charge in [0, 0.05) is 6.07 Å². The van der Waals surface area contributed by atoms with Crippen LogP contribution in [0, 0.1) is 0 Å². The molecule has 0 aromatic heterocycles. The zero-order valence-corrected chi connectivity index (χ0v) is 9.74. The number of carbonyl (C=O) groups excluding carboxylic acids is 1. The van der Waals surface area contributed by atoms with Crippen LogP contribution in [-0.4, -0.2) is 36.2 Å². The maximum absolute atomic E-state index is 11.4. The van der Waals surface area contributed by atoms with Crippen molar-refractivity contribution in [3.63, 3.8) is 0 Å². The second-order valence-corrected chi connectivity index (χ2v) is 3.33. The molecule has 0 radical (unpaired) electrons. The molecule has 0 aliphatic carbocycles. The number of ether oxygens (including phenoxy) is 2. The van der Waals surface area contributed by atoms with E-state index in [9.17, 15) is 14.7 Å². The Kier molecular flexibility index (Phi) is 3.80. The normalized spacial score (nSPS) is 9.82. The molecule has 0 atom stereocenters. The van der Waals surface area contributed by atoms with Crippen molar-refractivity contribution in [3.05, 3.63) is 16.7 Å². The summed E-state index contributed by atoms with van der Waals surface area (Å²) >= 11 is 5.68. The van der Waals surface area contributed by atoms with E-state index in [4.69, 9.17) is 26.2 Å². The number of aliphatic carboxylic acids is 1. The molecule has 0 saturated carbocycles. The molecular weight excluding hydrogens is 252 g/mol. The van der Waals surface area contributed by atoms with E-state index in [1.165, 1.54) is 14.2 Å². The van der Waals surface area contributed by atoms with E-state index in [1.807, 2.05) is 0 Å². The number of ketones is 1. The van der Waals surface area contributed by atoms with Gasteiger partial charge in [-0.15, -0.1) is 0 Å². The lowest BCUT2D eigenvalue weighted by Crippen LogP contribution is -2.15. The van der Waals surface area contributed by atoms with Gasteiger partial charge >= 0.3 is 5.97 Å². The zero-order valence-electron chi connectivity index (χ0n) is 8.98. The average Bonchev–Trinajstić information content (AvgIpc) is 2.30. The third-order valence-electron chi connectivity index (χ3n) is 2.01. The zero-order chi connectivity index (χ0) is 13.2. The molecule has 1 rings (SSSR count). The summed E-state index contributed by atoms with van der Waals surface area (Å²) in [5.41, 5.74) is -0.446. The highest BCUT2D eigenvalue weighted by molar-refractivity contribution is 6.46. The largest absolute Gasteiger partial charge is 0.506 e. The van der Waals surface area contributed by atoms with Crippen molar-refractivity contribution in [1.82, 2.24) is 0 Å². The molecule has 0 aliphatic heterocycles. The quantitative estimate of drug-likeness (QED) is 0.627. The molecule has 0 amide bonds. The van der Waals surface area contributed by atoms with Gasteiger partial charge in [0.15, 0.2) is 11.5 Å². The fourth-order valence-corrected chi connectivity index (χ4v) is 1.49. The van der Waals surface area contributed by atoms with Crippen LogP contribution in [0.2, 0.25) is 5.02 Å². The molecule has 0 spiro atoms. The predicted molar refractivity (Wildman–Crippen MR) is 58.2 cm³/mol. The van der Waals surface area contributed by atoms with Gasteiger partial charge < -0.3 is 19.7 Å². The lowest BCUT2D eigenvalue weighted by Gasteiger charge is -2.13. The van der Waals surface area contributed by atoms with Crippen molar-refractivity contribution in [2.75, 3.05) is 14.2 Å². The Labute approximate surface area is 101 Å². The molecule has 92 valence electrons. The second kappa shape index (κ2) is 4.92. The number of halogens is 1. The first kappa shape index (κ1) is 13.1. The van der Waals surface area contributed by atoms with Gasteiger partial charge in [0.05, 0.1) is 24.8 Å². The van der Waals surface area contributed by atoms with Crippen molar-refractivity contribution in [1.29, 1.82) is 0 Å². The first-order chi connectivity index (χ1) is 7.93. The topological polar surface area (TPSA) is 93.1 Å². The smallest absolute Gasteiger partial charge is 0.377 e. The Bertz CT molecular complexity index is 482. The number of carboxylic acids is 1. The van der Waals surface area contributed by atoms with Crippen LogP contribution in [0.25, 0.3) is 0 Å². The minimum atomic E-state index is -1.71. The second-order valence-electron chi connectivity index (χ2n) is 2.95.